The first-order valence-electron chi connectivity index (χ1n) is 8.90. The van der Waals surface area contributed by atoms with Gasteiger partial charge in [0.05, 0.1) is 24.0 Å². The molecule has 2 aliphatic heterocycles. The summed E-state index contributed by atoms with van der Waals surface area (Å²) in [4.78, 5) is 13.1. The van der Waals surface area contributed by atoms with E-state index in [1.54, 1.807) is 12.1 Å². The largest absolute Gasteiger partial charge is 0.497 e. The Balaban J connectivity index is 1.66. The van der Waals surface area contributed by atoms with Crippen LogP contribution in [0.3, 0.4) is 0 Å². The van der Waals surface area contributed by atoms with Crippen LogP contribution in [0, 0.1) is 0 Å². The van der Waals surface area contributed by atoms with Gasteiger partial charge in [-0.05, 0) is 42.5 Å². The number of carbonyl (C=O) groups is 1. The number of hydrogen-bond donors (Lipinski definition) is 1. The summed E-state index contributed by atoms with van der Waals surface area (Å²) in [5, 5.41) is 9.26. The van der Waals surface area contributed by atoms with E-state index in [0.29, 0.717) is 5.90 Å². The number of anilines is 2. The number of para-hydroxylation sites is 2. The van der Waals surface area contributed by atoms with Gasteiger partial charge in [-0.1, -0.05) is 36.4 Å². The molecule has 1 amide bonds. The van der Waals surface area contributed by atoms with Gasteiger partial charge in [-0.3, -0.25) is 4.79 Å². The van der Waals surface area contributed by atoms with Crippen LogP contribution in [0.2, 0.25) is 0 Å². The van der Waals surface area contributed by atoms with Gasteiger partial charge in [-0.25, -0.2) is 5.01 Å². The number of ether oxygens (including phenoxy) is 2. The quantitative estimate of drug-likeness (QED) is 0.763. The maximum atomic E-state index is 13.1. The number of fused-ring (bicyclic) bond motifs is 2. The van der Waals surface area contributed by atoms with Crippen molar-refractivity contribution in [1.29, 1.82) is 0 Å². The molecule has 1 unspecified atom stereocenters. The highest BCUT2D eigenvalue weighted by Crippen LogP contribution is 2.47. The summed E-state index contributed by atoms with van der Waals surface area (Å²) in [6.07, 6.45) is 0. The number of methoxy groups -OCH3 is 1. The zero-order valence-corrected chi connectivity index (χ0v) is 15.1. The number of hydrogen-bond acceptors (Lipinski definition) is 5. The van der Waals surface area contributed by atoms with Crippen molar-refractivity contribution in [2.75, 3.05) is 17.4 Å². The van der Waals surface area contributed by atoms with Gasteiger partial charge in [0.2, 0.25) is 5.90 Å². The van der Waals surface area contributed by atoms with Gasteiger partial charge in [0, 0.05) is 5.56 Å². The number of amides is 1. The van der Waals surface area contributed by atoms with Crippen molar-refractivity contribution < 1.29 is 14.3 Å². The SMILES string of the molecule is COc1ccc(C2=NN(c3ccccc3)C3(O2)C(=O)Nc2ccccc23)cc1. The Morgan fingerprint density at radius 2 is 1.68 bits per heavy atom. The van der Waals surface area contributed by atoms with Crippen molar-refractivity contribution in [2.45, 2.75) is 5.72 Å². The predicted molar refractivity (Wildman–Crippen MR) is 106 cm³/mol. The van der Waals surface area contributed by atoms with Gasteiger partial charge in [0.1, 0.15) is 5.75 Å². The van der Waals surface area contributed by atoms with Crippen LogP contribution in [0.25, 0.3) is 0 Å². The highest BCUT2D eigenvalue weighted by Gasteiger charge is 2.58. The minimum atomic E-state index is -1.38. The van der Waals surface area contributed by atoms with Crippen molar-refractivity contribution >= 4 is 23.2 Å². The highest BCUT2D eigenvalue weighted by molar-refractivity contribution is 6.11. The summed E-state index contributed by atoms with van der Waals surface area (Å²) >= 11 is 0. The highest BCUT2D eigenvalue weighted by atomic mass is 16.6. The Kier molecular flexibility index (Phi) is 3.58. The van der Waals surface area contributed by atoms with Crippen molar-refractivity contribution in [3.8, 4) is 5.75 Å². The Morgan fingerprint density at radius 3 is 2.43 bits per heavy atom. The minimum absolute atomic E-state index is 0.273. The monoisotopic (exact) mass is 371 g/mol. The van der Waals surface area contributed by atoms with Crippen LogP contribution >= 0.6 is 0 Å². The van der Waals surface area contributed by atoms with Crippen LogP contribution in [-0.4, -0.2) is 18.9 Å². The Labute approximate surface area is 162 Å². The second-order valence-electron chi connectivity index (χ2n) is 6.53. The first kappa shape index (κ1) is 16.4. The number of nitrogens with zero attached hydrogens (tertiary/aromatic N) is 2. The maximum Gasteiger partial charge on any atom is 0.311 e. The lowest BCUT2D eigenvalue weighted by atomic mass is 10.0. The minimum Gasteiger partial charge on any atom is -0.497 e. The summed E-state index contributed by atoms with van der Waals surface area (Å²) in [7, 11) is 1.62. The Hall–Kier alpha value is -3.80. The lowest BCUT2D eigenvalue weighted by Crippen LogP contribution is -2.47. The Morgan fingerprint density at radius 1 is 0.964 bits per heavy atom. The third-order valence-electron chi connectivity index (χ3n) is 4.92. The fourth-order valence-corrected chi connectivity index (χ4v) is 3.55. The number of nitrogens with one attached hydrogen (secondary N) is 1. The molecule has 0 aliphatic carbocycles. The fourth-order valence-electron chi connectivity index (χ4n) is 3.55. The molecule has 0 saturated heterocycles. The zero-order chi connectivity index (χ0) is 19.1. The van der Waals surface area contributed by atoms with Gasteiger partial charge >= 0.3 is 5.72 Å². The molecule has 138 valence electrons. The molecule has 2 aliphatic rings. The van der Waals surface area contributed by atoms with Crippen molar-refractivity contribution in [3.63, 3.8) is 0 Å². The number of rotatable bonds is 3. The van der Waals surface area contributed by atoms with Gasteiger partial charge in [-0.15, -0.1) is 5.10 Å². The topological polar surface area (TPSA) is 63.2 Å². The summed E-state index contributed by atoms with van der Waals surface area (Å²) in [6.45, 7) is 0. The summed E-state index contributed by atoms with van der Waals surface area (Å²) < 4.78 is 11.5. The summed E-state index contributed by atoms with van der Waals surface area (Å²) in [5.74, 6) is 0.837. The van der Waals surface area contributed by atoms with Crippen LogP contribution in [0.15, 0.2) is 84.0 Å². The molecule has 3 aromatic rings. The molecule has 1 atom stereocenters. The molecule has 1 N–H and O–H groups in total. The Bertz CT molecular complexity index is 1080. The van der Waals surface area contributed by atoms with Crippen molar-refractivity contribution in [2.24, 2.45) is 5.10 Å². The molecule has 0 radical (unpaired) electrons. The fraction of sp³-hybridized carbons (Fsp3) is 0.0909. The van der Waals surface area contributed by atoms with Crippen molar-refractivity contribution in [1.82, 2.24) is 0 Å². The van der Waals surface area contributed by atoms with Crippen LogP contribution in [0.4, 0.5) is 11.4 Å². The molecule has 0 bridgehead atoms. The molecule has 6 heteroatoms. The zero-order valence-electron chi connectivity index (χ0n) is 15.1. The lowest BCUT2D eigenvalue weighted by Gasteiger charge is -2.30. The lowest BCUT2D eigenvalue weighted by molar-refractivity contribution is -0.130. The second-order valence-corrected chi connectivity index (χ2v) is 6.53. The van der Waals surface area contributed by atoms with Crippen LogP contribution in [-0.2, 0) is 15.3 Å². The summed E-state index contributed by atoms with van der Waals surface area (Å²) in [5.41, 5.74) is 1.59. The average molecular weight is 371 g/mol. The van der Waals surface area contributed by atoms with Gasteiger partial charge in [0.15, 0.2) is 0 Å². The van der Waals surface area contributed by atoms with E-state index in [2.05, 4.69) is 5.32 Å². The first-order chi connectivity index (χ1) is 13.7. The average Bonchev–Trinajstić information content (AvgIpc) is 3.29. The van der Waals surface area contributed by atoms with E-state index in [4.69, 9.17) is 14.6 Å². The number of hydrazone groups is 1. The van der Waals surface area contributed by atoms with Gasteiger partial charge in [0.25, 0.3) is 5.91 Å². The standard InChI is InChI=1S/C22H17N3O3/c1-27-17-13-11-15(12-14-17)20-24-25(16-7-3-2-4-8-16)22(28-20)18-9-5-6-10-19(18)23-21(22)26/h2-14H,1H3,(H,23,26). The van der Waals surface area contributed by atoms with Gasteiger partial charge in [-0.2, -0.15) is 0 Å². The van der Waals surface area contributed by atoms with E-state index in [1.165, 1.54) is 0 Å². The molecule has 0 fully saturated rings. The first-order valence-corrected chi connectivity index (χ1v) is 8.90. The molecule has 0 saturated carbocycles. The number of benzene rings is 3. The van der Waals surface area contributed by atoms with E-state index >= 15 is 0 Å². The van der Waals surface area contributed by atoms with E-state index in [1.807, 2.05) is 78.9 Å². The molecule has 0 aromatic heterocycles. The van der Waals surface area contributed by atoms with Crippen molar-refractivity contribution in [3.05, 3.63) is 90.0 Å². The number of carbonyl (C=O) groups excluding carboxylic acids is 1. The predicted octanol–water partition coefficient (Wildman–Crippen LogP) is 3.70. The molecule has 3 aromatic carbocycles. The molecule has 28 heavy (non-hydrogen) atoms. The summed E-state index contributed by atoms with van der Waals surface area (Å²) in [6, 6.07) is 24.4. The second kappa shape index (κ2) is 6.13. The third-order valence-corrected chi connectivity index (χ3v) is 4.92. The van der Waals surface area contributed by atoms with E-state index in [9.17, 15) is 4.79 Å². The van der Waals surface area contributed by atoms with Crippen LogP contribution in [0.5, 0.6) is 5.75 Å². The molecular formula is C22H17N3O3. The smallest absolute Gasteiger partial charge is 0.311 e. The molecule has 1 spiro atoms. The molecular weight excluding hydrogens is 354 g/mol. The normalized spacial score (nSPS) is 19.8. The molecule has 6 nitrogen and oxygen atoms in total. The van der Waals surface area contributed by atoms with Crippen LogP contribution in [0.1, 0.15) is 11.1 Å². The molecule has 2 heterocycles. The van der Waals surface area contributed by atoms with Crippen LogP contribution < -0.4 is 15.1 Å². The van der Waals surface area contributed by atoms with E-state index in [-0.39, 0.29) is 5.91 Å². The van der Waals surface area contributed by atoms with Gasteiger partial charge < -0.3 is 14.8 Å². The third kappa shape index (κ3) is 2.28. The van der Waals surface area contributed by atoms with E-state index < -0.39 is 5.72 Å². The maximum absolute atomic E-state index is 13.1. The molecule has 5 rings (SSSR count). The van der Waals surface area contributed by atoms with E-state index in [0.717, 1.165) is 28.3 Å².